The van der Waals surface area contributed by atoms with Crippen molar-refractivity contribution in [3.8, 4) is 33.4 Å². The van der Waals surface area contributed by atoms with Gasteiger partial charge in [-0.1, -0.05) is 160 Å². The molecule has 9 heteroatoms. The third-order valence-electron chi connectivity index (χ3n) is 12.0. The summed E-state index contributed by atoms with van der Waals surface area (Å²) in [5.74, 6) is 0. The maximum absolute atomic E-state index is 7.07. The second-order valence-electron chi connectivity index (χ2n) is 15.4. The van der Waals surface area contributed by atoms with Gasteiger partial charge in [-0.15, -0.1) is 10.9 Å². The highest BCUT2D eigenvalue weighted by atomic mass is 15.1. The van der Waals surface area contributed by atoms with Gasteiger partial charge in [0.15, 0.2) is 0 Å². The molecule has 0 saturated heterocycles. The second kappa shape index (κ2) is 15.2. The van der Waals surface area contributed by atoms with Crippen LogP contribution in [0.4, 0.5) is 17.1 Å². The zero-order valence-corrected chi connectivity index (χ0v) is 33.2. The first-order chi connectivity index (χ1) is 29.6. The average Bonchev–Trinajstić information content (AvgIpc) is 3.30. The maximum Gasteiger partial charge on any atom is 0.115 e. The van der Waals surface area contributed by atoms with Crippen LogP contribution in [0.3, 0.4) is 0 Å². The van der Waals surface area contributed by atoms with E-state index in [-0.39, 0.29) is 49.3 Å². The molecule has 16 radical (unpaired) electrons. The van der Waals surface area contributed by atoms with E-state index in [1.807, 2.05) is 4.90 Å². The fraction of sp³-hybridized carbons (Fsp3) is 0. The van der Waals surface area contributed by atoms with Crippen molar-refractivity contribution in [2.24, 2.45) is 0 Å². The molecule has 0 N–H and O–H groups in total. The van der Waals surface area contributed by atoms with Gasteiger partial charge in [0.25, 0.3) is 0 Å². The Morgan fingerprint density at radius 3 is 1.11 bits per heavy atom. The monoisotopic (exact) mass is 753 g/mol. The summed E-state index contributed by atoms with van der Waals surface area (Å²) < 4.78 is 0. The lowest BCUT2D eigenvalue weighted by Crippen LogP contribution is -2.50. The largest absolute Gasteiger partial charge is 0.312 e. The van der Waals surface area contributed by atoms with Crippen molar-refractivity contribution in [1.29, 1.82) is 0 Å². The molecule has 10 rings (SSSR count). The van der Waals surface area contributed by atoms with Gasteiger partial charge in [0.2, 0.25) is 0 Å². The molecule has 0 fully saturated rings. The molecule has 0 bridgehead atoms. The van der Waals surface area contributed by atoms with Crippen LogP contribution in [0.25, 0.3) is 76.5 Å². The van der Waals surface area contributed by atoms with E-state index in [9.17, 15) is 0 Å². The number of hydrogen-bond acceptors (Lipinski definition) is 1. The number of hydrogen-bond donors (Lipinski definition) is 0. The van der Waals surface area contributed by atoms with E-state index in [4.69, 9.17) is 62.8 Å². The van der Waals surface area contributed by atoms with Crippen molar-refractivity contribution < 1.29 is 0 Å². The van der Waals surface area contributed by atoms with Gasteiger partial charge in [0, 0.05) is 17.1 Å². The maximum atomic E-state index is 7.07. The van der Waals surface area contributed by atoms with Crippen molar-refractivity contribution in [3.05, 3.63) is 164 Å². The van der Waals surface area contributed by atoms with Crippen LogP contribution in [0, 0.1) is 0 Å². The Morgan fingerprint density at radius 2 is 0.672 bits per heavy atom. The molecular formula is C52H27B8N. The zero-order valence-electron chi connectivity index (χ0n) is 33.2. The van der Waals surface area contributed by atoms with Crippen LogP contribution >= 0.6 is 0 Å². The summed E-state index contributed by atoms with van der Waals surface area (Å²) in [5.41, 5.74) is 8.33. The lowest BCUT2D eigenvalue weighted by Gasteiger charge is -2.34. The van der Waals surface area contributed by atoms with E-state index in [1.54, 1.807) is 0 Å². The summed E-state index contributed by atoms with van der Waals surface area (Å²) in [6.07, 6.45) is 0. The minimum Gasteiger partial charge on any atom is -0.312 e. The van der Waals surface area contributed by atoms with E-state index < -0.39 is 0 Å². The van der Waals surface area contributed by atoms with Crippen LogP contribution in [-0.4, -0.2) is 62.8 Å². The molecular weight excluding hydrogens is 725 g/mol. The highest BCUT2D eigenvalue weighted by molar-refractivity contribution is 6.66. The second-order valence-corrected chi connectivity index (χ2v) is 15.4. The Bertz CT molecular complexity index is 3210. The van der Waals surface area contributed by atoms with Crippen molar-refractivity contribution in [1.82, 2.24) is 0 Å². The SMILES string of the molecule is [B]c1cc([B])c(-c2c([B])c([B])c(N(c3ccc(-c4cc5ccccc5c5ccccc45)cc3)c3ccc(-c4cc5ccccc5c5ccccc45)cc3)c([B])c2[B])c([B])c1[B]. The van der Waals surface area contributed by atoms with Crippen molar-refractivity contribution in [2.75, 3.05) is 4.90 Å². The molecule has 0 aliphatic heterocycles. The van der Waals surface area contributed by atoms with Gasteiger partial charge >= 0.3 is 0 Å². The van der Waals surface area contributed by atoms with Crippen LogP contribution < -0.4 is 48.6 Å². The fourth-order valence-corrected chi connectivity index (χ4v) is 8.94. The molecule has 0 saturated carbocycles. The van der Waals surface area contributed by atoms with Crippen molar-refractivity contribution in [3.63, 3.8) is 0 Å². The fourth-order valence-electron chi connectivity index (χ4n) is 8.94. The molecule has 0 heterocycles. The molecule has 0 unspecified atom stereocenters. The number of anilines is 3. The van der Waals surface area contributed by atoms with E-state index in [1.165, 1.54) is 27.6 Å². The first-order valence-electron chi connectivity index (χ1n) is 19.9. The van der Waals surface area contributed by atoms with Crippen molar-refractivity contribution in [2.45, 2.75) is 0 Å². The third-order valence-corrected chi connectivity index (χ3v) is 12.0. The van der Waals surface area contributed by atoms with Gasteiger partial charge < -0.3 is 4.90 Å². The number of rotatable bonds is 6. The third kappa shape index (κ3) is 6.37. The molecule has 0 atom stereocenters. The number of fused-ring (bicyclic) bond motifs is 6. The summed E-state index contributed by atoms with van der Waals surface area (Å²) in [5, 5.41) is 9.45. The minimum atomic E-state index is 0.132. The van der Waals surface area contributed by atoms with E-state index in [0.29, 0.717) is 11.3 Å². The molecule has 1 nitrogen and oxygen atoms in total. The number of benzene rings is 10. The first-order valence-corrected chi connectivity index (χ1v) is 19.9. The molecule has 0 aliphatic rings. The van der Waals surface area contributed by atoms with E-state index in [0.717, 1.165) is 55.2 Å². The summed E-state index contributed by atoms with van der Waals surface area (Å²) in [6, 6.07) is 56.6. The summed E-state index contributed by atoms with van der Waals surface area (Å²) in [6.45, 7) is 0. The topological polar surface area (TPSA) is 3.24 Å². The normalized spacial score (nSPS) is 11.5. The molecule has 0 aliphatic carbocycles. The first kappa shape index (κ1) is 38.7. The van der Waals surface area contributed by atoms with Gasteiger partial charge in [0.05, 0.1) is 0 Å². The molecule has 10 aromatic rings. The lowest BCUT2D eigenvalue weighted by molar-refractivity contribution is 1.31. The Balaban J connectivity index is 1.16. The van der Waals surface area contributed by atoms with Gasteiger partial charge in [-0.05, 0) is 113 Å². The predicted octanol–water partition coefficient (Wildman–Crippen LogP) is 5.12. The molecule has 0 spiro atoms. The van der Waals surface area contributed by atoms with Gasteiger partial charge in [-0.3, -0.25) is 0 Å². The van der Waals surface area contributed by atoms with Gasteiger partial charge in [-0.25, -0.2) is 0 Å². The van der Waals surface area contributed by atoms with Crippen molar-refractivity contribution >= 4 is 167 Å². The minimum absolute atomic E-state index is 0.132. The van der Waals surface area contributed by atoms with Crippen LogP contribution in [0.15, 0.2) is 164 Å². The number of nitrogens with zero attached hydrogens (tertiary/aromatic N) is 1. The van der Waals surface area contributed by atoms with E-state index >= 15 is 0 Å². The van der Waals surface area contributed by atoms with Crippen LogP contribution in [0.1, 0.15) is 0 Å². The molecule has 0 aromatic heterocycles. The zero-order chi connectivity index (χ0) is 42.1. The molecule has 61 heavy (non-hydrogen) atoms. The lowest BCUT2D eigenvalue weighted by atomic mass is 9.59. The Kier molecular flexibility index (Phi) is 9.67. The summed E-state index contributed by atoms with van der Waals surface area (Å²) in [7, 11) is 53.3. The molecule has 0 amide bonds. The van der Waals surface area contributed by atoms with Crippen LogP contribution in [0.2, 0.25) is 0 Å². The van der Waals surface area contributed by atoms with Crippen LogP contribution in [0.5, 0.6) is 0 Å². The highest BCUT2D eigenvalue weighted by Gasteiger charge is 2.24. The average molecular weight is 752 g/mol. The molecule has 10 aromatic carbocycles. The molecule has 264 valence electrons. The Hall–Kier alpha value is -6.44. The smallest absolute Gasteiger partial charge is 0.115 e. The quantitative estimate of drug-likeness (QED) is 0.169. The Morgan fingerprint density at radius 1 is 0.295 bits per heavy atom. The van der Waals surface area contributed by atoms with E-state index in [2.05, 4.69) is 158 Å². The van der Waals surface area contributed by atoms with Crippen LogP contribution in [-0.2, 0) is 0 Å². The highest BCUT2D eigenvalue weighted by Crippen LogP contribution is 2.40. The van der Waals surface area contributed by atoms with Gasteiger partial charge in [0.1, 0.15) is 62.8 Å². The standard InChI is InChI=1S/C52H27B8N/c53-42-27-43(54)46(55)47(56)44(42)45-48(57)50(59)52(51(60)49(45)58)61(32-21-17-28(18-22-32)40-25-30-9-1-3-11-34(30)36-13-5-7-15-38(36)40)33-23-19-29(20-24-33)41-26-31-10-2-4-12-35(31)37-14-6-8-16-39(37)41/h1-27H. The summed E-state index contributed by atoms with van der Waals surface area (Å²) >= 11 is 0. The predicted molar refractivity (Wildman–Crippen MR) is 271 cm³/mol. The Labute approximate surface area is 366 Å². The summed E-state index contributed by atoms with van der Waals surface area (Å²) in [4.78, 5) is 1.98. The van der Waals surface area contributed by atoms with Gasteiger partial charge in [-0.2, -0.15) is 0 Å².